The largest absolute Gasteiger partial charge is 0.375 e. The normalized spacial score (nSPS) is 20.6. The number of thiazole rings is 1. The van der Waals surface area contributed by atoms with Crippen LogP contribution in [0.1, 0.15) is 11.3 Å². The first kappa shape index (κ1) is 13.2. The lowest BCUT2D eigenvalue weighted by Crippen LogP contribution is -2.27. The molecule has 1 amide bonds. The Bertz CT molecular complexity index is 370. The standard InChI is InChI=1S/C9H14N4OS.ClH/c10-8(14)6-1-2-13(4-6)5-7-3-12-9(11)15-7;/h3,6H,1-2,4-5H2,(H2,10,14)(H2,11,12);1H. The van der Waals surface area contributed by atoms with E-state index in [-0.39, 0.29) is 24.2 Å². The summed E-state index contributed by atoms with van der Waals surface area (Å²) in [7, 11) is 0. The second-order valence-corrected chi connectivity index (χ2v) is 4.93. The minimum absolute atomic E-state index is 0. The highest BCUT2D eigenvalue weighted by Crippen LogP contribution is 2.21. The molecule has 1 saturated heterocycles. The predicted molar refractivity (Wildman–Crippen MR) is 66.4 cm³/mol. The van der Waals surface area contributed by atoms with E-state index in [0.29, 0.717) is 5.13 Å². The number of rotatable bonds is 3. The quantitative estimate of drug-likeness (QED) is 0.829. The van der Waals surface area contributed by atoms with Crippen molar-refractivity contribution in [3.05, 3.63) is 11.1 Å². The number of nitrogens with zero attached hydrogens (tertiary/aromatic N) is 2. The number of anilines is 1. The topological polar surface area (TPSA) is 85.2 Å². The number of carbonyl (C=O) groups excluding carboxylic acids is 1. The number of hydrogen-bond donors (Lipinski definition) is 2. The molecule has 2 rings (SSSR count). The van der Waals surface area contributed by atoms with Crippen LogP contribution < -0.4 is 11.5 Å². The lowest BCUT2D eigenvalue weighted by atomic mass is 10.1. The van der Waals surface area contributed by atoms with Crippen LogP contribution in [0.2, 0.25) is 0 Å². The van der Waals surface area contributed by atoms with Gasteiger partial charge in [-0.05, 0) is 13.0 Å². The average Bonchev–Trinajstić information content (AvgIpc) is 2.76. The van der Waals surface area contributed by atoms with Crippen LogP contribution in [0.5, 0.6) is 0 Å². The number of amides is 1. The number of halogens is 1. The average molecular weight is 263 g/mol. The number of primary amides is 1. The monoisotopic (exact) mass is 262 g/mol. The van der Waals surface area contributed by atoms with Gasteiger partial charge in [0.05, 0.1) is 5.92 Å². The number of aromatic nitrogens is 1. The maximum Gasteiger partial charge on any atom is 0.221 e. The number of nitrogens with two attached hydrogens (primary N) is 2. The fraction of sp³-hybridized carbons (Fsp3) is 0.556. The Morgan fingerprint density at radius 1 is 1.69 bits per heavy atom. The van der Waals surface area contributed by atoms with Gasteiger partial charge >= 0.3 is 0 Å². The Balaban J connectivity index is 0.00000128. The molecule has 0 bridgehead atoms. The molecule has 0 aliphatic carbocycles. The predicted octanol–water partition coefficient (Wildman–Crippen LogP) is 0.454. The van der Waals surface area contributed by atoms with Crippen molar-refractivity contribution in [3.8, 4) is 0 Å². The van der Waals surface area contributed by atoms with Gasteiger partial charge in [-0.3, -0.25) is 9.69 Å². The summed E-state index contributed by atoms with van der Waals surface area (Å²) in [6.07, 6.45) is 2.65. The van der Waals surface area contributed by atoms with E-state index < -0.39 is 0 Å². The lowest BCUT2D eigenvalue weighted by Gasteiger charge is -2.13. The molecule has 1 aliphatic rings. The number of likely N-dealkylation sites (tertiary alicyclic amines) is 1. The van der Waals surface area contributed by atoms with Gasteiger partial charge in [-0.15, -0.1) is 23.7 Å². The van der Waals surface area contributed by atoms with Crippen LogP contribution in [-0.2, 0) is 11.3 Å². The smallest absolute Gasteiger partial charge is 0.221 e. The van der Waals surface area contributed by atoms with Crippen molar-refractivity contribution >= 4 is 34.8 Å². The molecule has 4 N–H and O–H groups in total. The molecule has 1 aromatic rings. The highest BCUT2D eigenvalue weighted by atomic mass is 35.5. The zero-order valence-corrected chi connectivity index (χ0v) is 10.4. The van der Waals surface area contributed by atoms with Gasteiger partial charge in [0.1, 0.15) is 0 Å². The van der Waals surface area contributed by atoms with Crippen LogP contribution >= 0.6 is 23.7 Å². The van der Waals surface area contributed by atoms with E-state index in [1.54, 1.807) is 6.20 Å². The summed E-state index contributed by atoms with van der Waals surface area (Å²) in [5, 5.41) is 0.593. The van der Waals surface area contributed by atoms with Crippen LogP contribution in [0.4, 0.5) is 5.13 Å². The Labute approximate surface area is 104 Å². The van der Waals surface area contributed by atoms with Gasteiger partial charge < -0.3 is 11.5 Å². The third kappa shape index (κ3) is 3.07. The van der Waals surface area contributed by atoms with Crippen molar-refractivity contribution in [3.63, 3.8) is 0 Å². The van der Waals surface area contributed by atoms with Crippen molar-refractivity contribution in [1.82, 2.24) is 9.88 Å². The molecule has 90 valence electrons. The first-order valence-electron chi connectivity index (χ1n) is 4.87. The number of hydrogen-bond acceptors (Lipinski definition) is 5. The zero-order valence-electron chi connectivity index (χ0n) is 8.76. The summed E-state index contributed by atoms with van der Waals surface area (Å²) in [6, 6.07) is 0. The Morgan fingerprint density at radius 2 is 2.44 bits per heavy atom. The summed E-state index contributed by atoms with van der Waals surface area (Å²) in [5.41, 5.74) is 10.8. The molecular weight excluding hydrogens is 248 g/mol. The highest BCUT2D eigenvalue weighted by molar-refractivity contribution is 7.15. The lowest BCUT2D eigenvalue weighted by molar-refractivity contribution is -0.121. The fourth-order valence-corrected chi connectivity index (χ4v) is 2.55. The van der Waals surface area contributed by atoms with Gasteiger partial charge in [-0.1, -0.05) is 0 Å². The molecular formula is C9H15ClN4OS. The highest BCUT2D eigenvalue weighted by Gasteiger charge is 2.26. The van der Waals surface area contributed by atoms with Crippen LogP contribution in [0.25, 0.3) is 0 Å². The van der Waals surface area contributed by atoms with Crippen molar-refractivity contribution in [2.24, 2.45) is 11.7 Å². The first-order valence-corrected chi connectivity index (χ1v) is 5.68. The van der Waals surface area contributed by atoms with Crippen LogP contribution in [0.15, 0.2) is 6.20 Å². The second kappa shape index (κ2) is 5.47. The van der Waals surface area contributed by atoms with Gasteiger partial charge in [0.15, 0.2) is 5.13 Å². The molecule has 1 atom stereocenters. The SMILES string of the molecule is Cl.NC(=O)C1CCN(Cc2cnc(N)s2)C1. The fourth-order valence-electron chi connectivity index (χ4n) is 1.82. The van der Waals surface area contributed by atoms with Gasteiger partial charge in [-0.2, -0.15) is 0 Å². The van der Waals surface area contributed by atoms with Gasteiger partial charge in [0.2, 0.25) is 5.91 Å². The maximum atomic E-state index is 11.0. The van der Waals surface area contributed by atoms with E-state index in [0.717, 1.165) is 30.9 Å². The maximum absolute atomic E-state index is 11.0. The molecule has 5 nitrogen and oxygen atoms in total. The zero-order chi connectivity index (χ0) is 10.8. The van der Waals surface area contributed by atoms with Gasteiger partial charge in [-0.25, -0.2) is 4.98 Å². The molecule has 1 aliphatic heterocycles. The van der Waals surface area contributed by atoms with Gasteiger partial charge in [0, 0.05) is 24.2 Å². The van der Waals surface area contributed by atoms with E-state index in [4.69, 9.17) is 11.5 Å². The Kier molecular flexibility index (Phi) is 4.52. The van der Waals surface area contributed by atoms with Crippen molar-refractivity contribution < 1.29 is 4.79 Å². The third-order valence-corrected chi connectivity index (χ3v) is 3.44. The van der Waals surface area contributed by atoms with Crippen LogP contribution in [0.3, 0.4) is 0 Å². The number of carbonyl (C=O) groups is 1. The molecule has 1 fully saturated rings. The van der Waals surface area contributed by atoms with E-state index in [9.17, 15) is 4.79 Å². The van der Waals surface area contributed by atoms with Crippen LogP contribution in [-0.4, -0.2) is 28.9 Å². The molecule has 16 heavy (non-hydrogen) atoms. The van der Waals surface area contributed by atoms with E-state index in [1.807, 2.05) is 0 Å². The van der Waals surface area contributed by atoms with Crippen LogP contribution in [0, 0.1) is 5.92 Å². The van der Waals surface area contributed by atoms with Crippen molar-refractivity contribution in [1.29, 1.82) is 0 Å². The van der Waals surface area contributed by atoms with E-state index in [2.05, 4.69) is 9.88 Å². The van der Waals surface area contributed by atoms with E-state index in [1.165, 1.54) is 11.3 Å². The minimum Gasteiger partial charge on any atom is -0.375 e. The molecule has 7 heteroatoms. The Hall–Kier alpha value is -0.850. The summed E-state index contributed by atoms with van der Waals surface area (Å²) in [4.78, 5) is 18.3. The minimum atomic E-state index is -0.193. The molecule has 1 unspecified atom stereocenters. The van der Waals surface area contributed by atoms with Crippen molar-refractivity contribution in [2.45, 2.75) is 13.0 Å². The summed E-state index contributed by atoms with van der Waals surface area (Å²) in [5.74, 6) is -0.184. The molecule has 1 aromatic heterocycles. The van der Waals surface area contributed by atoms with Crippen molar-refractivity contribution in [2.75, 3.05) is 18.8 Å². The molecule has 2 heterocycles. The number of nitrogen functional groups attached to an aromatic ring is 1. The summed E-state index contributed by atoms with van der Waals surface area (Å²) in [6.45, 7) is 2.50. The third-order valence-electron chi connectivity index (χ3n) is 2.63. The molecule has 0 radical (unpaired) electrons. The van der Waals surface area contributed by atoms with Gasteiger partial charge in [0.25, 0.3) is 0 Å². The van der Waals surface area contributed by atoms with E-state index >= 15 is 0 Å². The second-order valence-electron chi connectivity index (χ2n) is 3.79. The molecule has 0 spiro atoms. The Morgan fingerprint density at radius 3 is 2.94 bits per heavy atom. The first-order chi connectivity index (χ1) is 7.15. The molecule has 0 aromatic carbocycles. The summed E-state index contributed by atoms with van der Waals surface area (Å²) >= 11 is 1.49. The summed E-state index contributed by atoms with van der Waals surface area (Å²) < 4.78 is 0. The molecule has 0 saturated carbocycles.